The molecule has 0 aliphatic carbocycles. The molecular formula is C25H33N7O2. The number of anilines is 1. The molecule has 2 saturated heterocycles. The van der Waals surface area contributed by atoms with Gasteiger partial charge < -0.3 is 19.9 Å². The molecule has 9 nitrogen and oxygen atoms in total. The predicted molar refractivity (Wildman–Crippen MR) is 132 cm³/mol. The maximum atomic E-state index is 12.4. The molecule has 2 aromatic heterocycles. The second-order valence-electron chi connectivity index (χ2n) is 10.1. The summed E-state index contributed by atoms with van der Waals surface area (Å²) in [5.41, 5.74) is 4.16. The van der Waals surface area contributed by atoms with Gasteiger partial charge in [0.25, 0.3) is 0 Å². The highest BCUT2D eigenvalue weighted by atomic mass is 16.6. The molecule has 3 aromatic rings. The Kier molecular flexibility index (Phi) is 6.12. The number of rotatable bonds is 3. The summed E-state index contributed by atoms with van der Waals surface area (Å²) in [7, 11) is 0. The summed E-state index contributed by atoms with van der Waals surface area (Å²) in [5, 5.41) is 8.00. The number of aromatic nitrogens is 4. The number of nitrogens with zero attached hydrogens (tertiary/aromatic N) is 6. The predicted octanol–water partition coefficient (Wildman–Crippen LogP) is 3.47. The van der Waals surface area contributed by atoms with Crippen LogP contribution in [-0.2, 0) is 4.74 Å². The highest BCUT2D eigenvalue weighted by molar-refractivity contribution is 5.81. The zero-order chi connectivity index (χ0) is 23.7. The fourth-order valence-corrected chi connectivity index (χ4v) is 4.55. The van der Waals surface area contributed by atoms with Gasteiger partial charge in [-0.2, -0.15) is 5.10 Å². The van der Waals surface area contributed by atoms with Crippen LogP contribution in [0, 0.1) is 0 Å². The average Bonchev–Trinajstić information content (AvgIpc) is 3.33. The third kappa shape index (κ3) is 4.99. The van der Waals surface area contributed by atoms with Crippen LogP contribution in [0.3, 0.4) is 0 Å². The SMILES string of the molecule is CC(C)(C)OC(=O)N1CCN(c2ccc3ncc(-c4cnn(C5CCNCC5)c4)nc3c2)CC1. The number of benzene rings is 1. The van der Waals surface area contributed by atoms with Crippen molar-refractivity contribution in [2.75, 3.05) is 44.2 Å². The maximum absolute atomic E-state index is 12.4. The number of amides is 1. The number of carbonyl (C=O) groups is 1. The first-order valence-electron chi connectivity index (χ1n) is 12.1. The van der Waals surface area contributed by atoms with E-state index in [-0.39, 0.29) is 6.09 Å². The zero-order valence-electron chi connectivity index (χ0n) is 20.2. The number of piperazine rings is 1. The minimum atomic E-state index is -0.479. The molecule has 4 heterocycles. The molecule has 2 aliphatic rings. The number of piperidine rings is 1. The molecule has 0 saturated carbocycles. The van der Waals surface area contributed by atoms with Crippen LogP contribution in [0.5, 0.6) is 0 Å². The Balaban J connectivity index is 1.29. The molecule has 180 valence electrons. The van der Waals surface area contributed by atoms with Crippen molar-refractivity contribution in [3.05, 3.63) is 36.8 Å². The lowest BCUT2D eigenvalue weighted by atomic mass is 10.1. The van der Waals surface area contributed by atoms with Crippen molar-refractivity contribution in [3.8, 4) is 11.3 Å². The van der Waals surface area contributed by atoms with Gasteiger partial charge in [0.05, 0.1) is 35.2 Å². The van der Waals surface area contributed by atoms with Crippen LogP contribution in [0.25, 0.3) is 22.3 Å². The monoisotopic (exact) mass is 463 g/mol. The Morgan fingerprint density at radius 3 is 2.56 bits per heavy atom. The quantitative estimate of drug-likeness (QED) is 0.636. The van der Waals surface area contributed by atoms with Crippen LogP contribution in [0.2, 0.25) is 0 Å². The third-order valence-corrected chi connectivity index (χ3v) is 6.40. The summed E-state index contributed by atoms with van der Waals surface area (Å²) in [6.07, 6.45) is 7.74. The highest BCUT2D eigenvalue weighted by Crippen LogP contribution is 2.26. The highest BCUT2D eigenvalue weighted by Gasteiger charge is 2.26. The largest absolute Gasteiger partial charge is 0.444 e. The molecule has 0 bridgehead atoms. The molecule has 0 radical (unpaired) electrons. The fourth-order valence-electron chi connectivity index (χ4n) is 4.55. The number of hydrogen-bond acceptors (Lipinski definition) is 7. The summed E-state index contributed by atoms with van der Waals surface area (Å²) < 4.78 is 7.58. The van der Waals surface area contributed by atoms with E-state index in [0.717, 1.165) is 67.0 Å². The van der Waals surface area contributed by atoms with E-state index < -0.39 is 5.60 Å². The van der Waals surface area contributed by atoms with Gasteiger partial charge in [-0.25, -0.2) is 9.78 Å². The first-order valence-corrected chi connectivity index (χ1v) is 12.1. The van der Waals surface area contributed by atoms with Crippen LogP contribution in [-0.4, -0.2) is 75.6 Å². The van der Waals surface area contributed by atoms with E-state index in [4.69, 9.17) is 9.72 Å². The second-order valence-corrected chi connectivity index (χ2v) is 10.1. The van der Waals surface area contributed by atoms with Crippen LogP contribution in [0.4, 0.5) is 10.5 Å². The average molecular weight is 464 g/mol. The lowest BCUT2D eigenvalue weighted by molar-refractivity contribution is 0.0240. The van der Waals surface area contributed by atoms with E-state index in [1.54, 1.807) is 4.90 Å². The van der Waals surface area contributed by atoms with Gasteiger partial charge in [-0.3, -0.25) is 9.67 Å². The van der Waals surface area contributed by atoms with Crippen molar-refractivity contribution in [2.24, 2.45) is 0 Å². The minimum absolute atomic E-state index is 0.244. The molecule has 9 heteroatoms. The number of ether oxygens (including phenoxy) is 1. The van der Waals surface area contributed by atoms with Crippen molar-refractivity contribution in [1.29, 1.82) is 0 Å². The van der Waals surface area contributed by atoms with Crippen molar-refractivity contribution in [3.63, 3.8) is 0 Å². The van der Waals surface area contributed by atoms with E-state index in [2.05, 4.69) is 43.3 Å². The Hall–Kier alpha value is -3.20. The Bertz CT molecular complexity index is 1160. The number of carbonyl (C=O) groups excluding carboxylic acids is 1. The zero-order valence-corrected chi connectivity index (χ0v) is 20.2. The van der Waals surface area contributed by atoms with Crippen molar-refractivity contribution in [1.82, 2.24) is 30.0 Å². The lowest BCUT2D eigenvalue weighted by Gasteiger charge is -2.36. The summed E-state index contributed by atoms with van der Waals surface area (Å²) in [5.74, 6) is 0. The van der Waals surface area contributed by atoms with Crippen molar-refractivity contribution < 1.29 is 9.53 Å². The van der Waals surface area contributed by atoms with E-state index >= 15 is 0 Å². The molecular weight excluding hydrogens is 430 g/mol. The Morgan fingerprint density at radius 2 is 1.82 bits per heavy atom. The van der Waals surface area contributed by atoms with Gasteiger partial charge >= 0.3 is 6.09 Å². The molecule has 2 fully saturated rings. The lowest BCUT2D eigenvalue weighted by Crippen LogP contribution is -2.50. The summed E-state index contributed by atoms with van der Waals surface area (Å²) in [6, 6.07) is 6.62. The summed E-state index contributed by atoms with van der Waals surface area (Å²) in [4.78, 5) is 26.0. The molecule has 2 aliphatic heterocycles. The molecule has 1 N–H and O–H groups in total. The van der Waals surface area contributed by atoms with Crippen molar-refractivity contribution >= 4 is 22.8 Å². The third-order valence-electron chi connectivity index (χ3n) is 6.40. The normalized spacial score (nSPS) is 17.9. The number of nitrogens with one attached hydrogen (secondary N) is 1. The first-order chi connectivity index (χ1) is 16.4. The molecule has 1 aromatic carbocycles. The minimum Gasteiger partial charge on any atom is -0.444 e. The van der Waals surface area contributed by atoms with E-state index in [1.807, 2.05) is 39.2 Å². The smallest absolute Gasteiger partial charge is 0.410 e. The maximum Gasteiger partial charge on any atom is 0.410 e. The van der Waals surface area contributed by atoms with E-state index in [0.29, 0.717) is 19.1 Å². The van der Waals surface area contributed by atoms with Gasteiger partial charge in [0, 0.05) is 43.6 Å². The van der Waals surface area contributed by atoms with Crippen LogP contribution in [0.1, 0.15) is 39.7 Å². The van der Waals surface area contributed by atoms with Crippen LogP contribution in [0.15, 0.2) is 36.8 Å². The van der Waals surface area contributed by atoms with Crippen LogP contribution >= 0.6 is 0 Å². The molecule has 5 rings (SSSR count). The summed E-state index contributed by atoms with van der Waals surface area (Å²) in [6.45, 7) is 10.5. The van der Waals surface area contributed by atoms with Gasteiger partial charge in [0.15, 0.2) is 0 Å². The Labute approximate surface area is 200 Å². The molecule has 0 unspecified atom stereocenters. The molecule has 0 atom stereocenters. The second kappa shape index (κ2) is 9.21. The van der Waals surface area contributed by atoms with Gasteiger partial charge in [-0.15, -0.1) is 0 Å². The standard InChI is InChI=1S/C25H33N7O2/c1-25(2,3)34-24(33)31-12-10-30(11-13-31)20-4-5-21-22(14-20)29-23(16-27-21)18-15-28-32(17-18)19-6-8-26-9-7-19/h4-5,14-17,19,26H,6-13H2,1-3H3. The topological polar surface area (TPSA) is 88.4 Å². The molecule has 1 amide bonds. The Morgan fingerprint density at radius 1 is 1.06 bits per heavy atom. The van der Waals surface area contributed by atoms with Gasteiger partial charge in [0.1, 0.15) is 5.60 Å². The van der Waals surface area contributed by atoms with E-state index in [1.165, 1.54) is 0 Å². The fraction of sp³-hybridized carbons (Fsp3) is 0.520. The van der Waals surface area contributed by atoms with Crippen molar-refractivity contribution in [2.45, 2.75) is 45.3 Å². The molecule has 34 heavy (non-hydrogen) atoms. The number of hydrogen-bond donors (Lipinski definition) is 1. The first kappa shape index (κ1) is 22.6. The number of fused-ring (bicyclic) bond motifs is 1. The van der Waals surface area contributed by atoms with Gasteiger partial charge in [-0.05, 0) is 64.9 Å². The summed E-state index contributed by atoms with van der Waals surface area (Å²) >= 11 is 0. The van der Waals surface area contributed by atoms with E-state index in [9.17, 15) is 4.79 Å². The molecule has 0 spiro atoms. The van der Waals surface area contributed by atoms with Crippen LogP contribution < -0.4 is 10.2 Å². The van der Waals surface area contributed by atoms with Gasteiger partial charge in [-0.1, -0.05) is 0 Å². The van der Waals surface area contributed by atoms with Gasteiger partial charge in [0.2, 0.25) is 0 Å².